The van der Waals surface area contributed by atoms with Crippen molar-refractivity contribution in [2.75, 3.05) is 19.5 Å². The predicted octanol–water partition coefficient (Wildman–Crippen LogP) is 4.02. The number of rotatable bonds is 6. The molecule has 0 saturated carbocycles. The Morgan fingerprint density at radius 1 is 1.14 bits per heavy atom. The molecule has 0 spiro atoms. The van der Waals surface area contributed by atoms with E-state index in [1.807, 2.05) is 19.2 Å². The predicted molar refractivity (Wildman–Crippen MR) is 117 cm³/mol. The second-order valence-corrected chi connectivity index (χ2v) is 6.66. The van der Waals surface area contributed by atoms with Crippen LogP contribution in [-0.2, 0) is 23.9 Å². The Morgan fingerprint density at radius 3 is 1.83 bits per heavy atom. The van der Waals surface area contributed by atoms with Crippen molar-refractivity contribution in [1.29, 1.82) is 0 Å². The molecule has 1 aromatic rings. The number of aldehydes is 1. The topological polar surface area (TPSA) is 108 Å². The van der Waals surface area contributed by atoms with Gasteiger partial charge in [0.15, 0.2) is 12.4 Å². The maximum Gasteiger partial charge on any atom is 0.293 e. The van der Waals surface area contributed by atoms with Crippen LogP contribution >= 0.6 is 23.2 Å². The first kappa shape index (κ1) is 29.1. The molecule has 1 atom stereocenters. The number of allylic oxidation sites excluding steroid dienone is 2. The Bertz CT molecular complexity index is 599. The van der Waals surface area contributed by atoms with Crippen LogP contribution in [0.3, 0.4) is 0 Å². The van der Waals surface area contributed by atoms with Gasteiger partial charge < -0.3 is 20.5 Å². The molecule has 0 aliphatic heterocycles. The number of carbonyl (C=O) groups is 3. The molecule has 1 aliphatic rings. The highest BCUT2D eigenvalue weighted by atomic mass is 35.5. The summed E-state index contributed by atoms with van der Waals surface area (Å²) in [7, 11) is 3.06. The Labute approximate surface area is 182 Å². The van der Waals surface area contributed by atoms with Crippen LogP contribution in [0.2, 0.25) is 10.0 Å². The minimum Gasteiger partial charge on any atom is -0.465 e. The summed E-state index contributed by atoms with van der Waals surface area (Å²) in [6.45, 7) is 4.05. The Morgan fingerprint density at radius 2 is 1.66 bits per heavy atom. The monoisotopic (exact) mass is 448 g/mol. The molecular formula is C20H30Cl2N2O5. The van der Waals surface area contributed by atoms with Crippen molar-refractivity contribution >= 4 is 47.6 Å². The van der Waals surface area contributed by atoms with Crippen molar-refractivity contribution in [3.63, 3.8) is 0 Å². The molecule has 1 aromatic carbocycles. The molecule has 1 unspecified atom stereocenters. The fourth-order valence-corrected chi connectivity index (χ4v) is 2.16. The zero-order chi connectivity index (χ0) is 22.7. The molecule has 0 heterocycles. The lowest BCUT2D eigenvalue weighted by molar-refractivity contribution is -0.134. The zero-order valence-corrected chi connectivity index (χ0v) is 18.7. The summed E-state index contributed by atoms with van der Waals surface area (Å²) in [6, 6.07) is 5.32. The van der Waals surface area contributed by atoms with Gasteiger partial charge in [0, 0.05) is 29.9 Å². The van der Waals surface area contributed by atoms with Crippen molar-refractivity contribution in [2.45, 2.75) is 45.3 Å². The molecule has 1 aliphatic carbocycles. The second kappa shape index (κ2) is 19.2. The fraction of sp³-hybridized carbons (Fsp3) is 0.450. The van der Waals surface area contributed by atoms with E-state index < -0.39 is 12.0 Å². The molecule has 164 valence electrons. The van der Waals surface area contributed by atoms with Crippen LogP contribution in [0.5, 0.6) is 0 Å². The van der Waals surface area contributed by atoms with Crippen LogP contribution in [0.1, 0.15) is 33.1 Å². The maximum atomic E-state index is 10.0. The number of nitrogens with one attached hydrogen (secondary N) is 1. The summed E-state index contributed by atoms with van der Waals surface area (Å²) in [5, 5.41) is 4.24. The van der Waals surface area contributed by atoms with Gasteiger partial charge in [0.1, 0.15) is 0 Å². The molecule has 0 aromatic heterocycles. The minimum atomic E-state index is -1.09. The van der Waals surface area contributed by atoms with Crippen LogP contribution < -0.4 is 11.1 Å². The van der Waals surface area contributed by atoms with E-state index in [4.69, 9.17) is 23.2 Å². The number of benzene rings is 1. The third-order valence-electron chi connectivity index (χ3n) is 3.05. The number of hydrogen-bond donors (Lipinski definition) is 2. The number of hydrogen-bond acceptors (Lipinski definition) is 6. The van der Waals surface area contributed by atoms with E-state index in [0.717, 1.165) is 5.69 Å². The standard InChI is InChI=1S/C7H7Cl2N.C5H8.C4H7NO3.C4H8O2/c1-10-7-3-5(8)2-6(9)4-7;1-2-4-5-3-1;1-8-3(2-6)4(5)7;1-4(2)6-3-5/h2-4,10H,1H3;1-2H,3-5H2;2-3H,1H3,(H2,5,7);3-4H,1-2H3. The van der Waals surface area contributed by atoms with Crippen molar-refractivity contribution in [2.24, 2.45) is 5.73 Å². The van der Waals surface area contributed by atoms with Crippen molar-refractivity contribution in [3.8, 4) is 0 Å². The van der Waals surface area contributed by atoms with Gasteiger partial charge in [-0.2, -0.15) is 0 Å². The smallest absolute Gasteiger partial charge is 0.293 e. The molecule has 2 rings (SSSR count). The van der Waals surface area contributed by atoms with Gasteiger partial charge >= 0.3 is 0 Å². The molecule has 0 fully saturated rings. The van der Waals surface area contributed by atoms with E-state index in [1.54, 1.807) is 19.9 Å². The number of halogens is 2. The first-order valence-electron chi connectivity index (χ1n) is 8.87. The lowest BCUT2D eigenvalue weighted by Crippen LogP contribution is -2.31. The normalized spacial score (nSPS) is 12.1. The summed E-state index contributed by atoms with van der Waals surface area (Å²) in [5.41, 5.74) is 5.59. The number of primary amides is 1. The first-order valence-corrected chi connectivity index (χ1v) is 9.62. The highest BCUT2D eigenvalue weighted by molar-refractivity contribution is 6.35. The third-order valence-corrected chi connectivity index (χ3v) is 3.48. The first-order chi connectivity index (χ1) is 13.7. The molecule has 0 radical (unpaired) electrons. The summed E-state index contributed by atoms with van der Waals surface area (Å²) in [4.78, 5) is 29.2. The van der Waals surface area contributed by atoms with Crippen molar-refractivity contribution in [1.82, 2.24) is 0 Å². The summed E-state index contributed by atoms with van der Waals surface area (Å²) >= 11 is 11.4. The molecule has 9 heteroatoms. The molecule has 29 heavy (non-hydrogen) atoms. The van der Waals surface area contributed by atoms with Crippen molar-refractivity contribution < 1.29 is 23.9 Å². The van der Waals surface area contributed by atoms with Gasteiger partial charge in [-0.25, -0.2) is 0 Å². The van der Waals surface area contributed by atoms with Gasteiger partial charge in [0.05, 0.1) is 6.10 Å². The van der Waals surface area contributed by atoms with E-state index in [2.05, 4.69) is 32.7 Å². The third kappa shape index (κ3) is 19.0. The quantitative estimate of drug-likeness (QED) is 0.386. The number of amides is 1. The number of ether oxygens (including phenoxy) is 2. The number of carbonyl (C=O) groups excluding carboxylic acids is 3. The lowest BCUT2D eigenvalue weighted by atomic mass is 10.3. The molecule has 0 saturated heterocycles. The average Bonchev–Trinajstić information content (AvgIpc) is 3.22. The van der Waals surface area contributed by atoms with E-state index in [9.17, 15) is 14.4 Å². The van der Waals surface area contributed by atoms with E-state index in [0.29, 0.717) is 22.8 Å². The molecule has 1 amide bonds. The van der Waals surface area contributed by atoms with Crippen molar-refractivity contribution in [3.05, 3.63) is 40.4 Å². The highest BCUT2D eigenvalue weighted by Crippen LogP contribution is 2.21. The van der Waals surface area contributed by atoms with Gasteiger partial charge in [0.25, 0.3) is 12.4 Å². The van der Waals surface area contributed by atoms with E-state index in [1.165, 1.54) is 26.4 Å². The lowest BCUT2D eigenvalue weighted by Gasteiger charge is -1.99. The number of anilines is 1. The van der Waals surface area contributed by atoms with Gasteiger partial charge in [-0.1, -0.05) is 35.4 Å². The van der Waals surface area contributed by atoms with Crippen LogP contribution in [0.25, 0.3) is 0 Å². The van der Waals surface area contributed by atoms with Gasteiger partial charge in [0.2, 0.25) is 0 Å². The SMILES string of the molecule is C1=CCCC1.CC(C)OC=O.CNc1cc(Cl)cc(Cl)c1.COC(C=O)C(N)=O. The van der Waals surface area contributed by atoms with Crippen LogP contribution in [0.15, 0.2) is 30.4 Å². The number of nitrogens with two attached hydrogens (primary N) is 1. The molecule has 3 N–H and O–H groups in total. The summed E-state index contributed by atoms with van der Waals surface area (Å²) in [6.07, 6.45) is 7.79. The second-order valence-electron chi connectivity index (χ2n) is 5.79. The van der Waals surface area contributed by atoms with Crippen LogP contribution in [0, 0.1) is 0 Å². The Kier molecular flexibility index (Phi) is 19.3. The largest absolute Gasteiger partial charge is 0.465 e. The average molecular weight is 449 g/mol. The zero-order valence-electron chi connectivity index (χ0n) is 17.2. The van der Waals surface area contributed by atoms with Crippen LogP contribution in [0.4, 0.5) is 5.69 Å². The summed E-state index contributed by atoms with van der Waals surface area (Å²) in [5.74, 6) is -0.762. The summed E-state index contributed by atoms with van der Waals surface area (Å²) < 4.78 is 8.68. The Balaban J connectivity index is 0. The highest BCUT2D eigenvalue weighted by Gasteiger charge is 2.10. The van der Waals surface area contributed by atoms with E-state index in [-0.39, 0.29) is 6.10 Å². The molecule has 7 nitrogen and oxygen atoms in total. The molecule has 0 bridgehead atoms. The number of methoxy groups -OCH3 is 1. The van der Waals surface area contributed by atoms with Gasteiger partial charge in [-0.3, -0.25) is 14.4 Å². The van der Waals surface area contributed by atoms with Gasteiger partial charge in [-0.15, -0.1) is 0 Å². The van der Waals surface area contributed by atoms with Crippen LogP contribution in [-0.4, -0.2) is 45.0 Å². The Hall–Kier alpha value is -2.09. The van der Waals surface area contributed by atoms with Gasteiger partial charge in [-0.05, 0) is 51.3 Å². The maximum absolute atomic E-state index is 10.0. The minimum absolute atomic E-state index is 0.0301. The molecular weight excluding hydrogens is 419 g/mol. The fourth-order valence-electron chi connectivity index (χ4n) is 1.64. The van der Waals surface area contributed by atoms with E-state index >= 15 is 0 Å².